The summed E-state index contributed by atoms with van der Waals surface area (Å²) in [4.78, 5) is 25.0. The molecule has 36 heavy (non-hydrogen) atoms. The van der Waals surface area contributed by atoms with Gasteiger partial charge in [-0.25, -0.2) is 0 Å². The number of fused-ring (bicyclic) bond motifs is 3. The molecule has 0 amide bonds. The van der Waals surface area contributed by atoms with Crippen LogP contribution in [0.2, 0.25) is 0 Å². The number of ketones is 1. The summed E-state index contributed by atoms with van der Waals surface area (Å²) >= 11 is 0. The van der Waals surface area contributed by atoms with Crippen molar-refractivity contribution in [2.75, 3.05) is 21.3 Å². The van der Waals surface area contributed by atoms with Crippen molar-refractivity contribution in [3.63, 3.8) is 0 Å². The number of carbonyl (C=O) groups is 2. The maximum atomic E-state index is 13.3. The molecule has 1 aromatic heterocycles. The molecule has 0 radical (unpaired) electrons. The number of carboxylic acid groups (broad SMARTS) is 1. The van der Waals surface area contributed by atoms with Crippen LogP contribution in [-0.2, 0) is 11.2 Å². The Morgan fingerprint density at radius 1 is 0.972 bits per heavy atom. The highest BCUT2D eigenvalue weighted by molar-refractivity contribution is 6.18. The monoisotopic (exact) mass is 486 g/mol. The highest BCUT2D eigenvalue weighted by Crippen LogP contribution is 2.45. The molecule has 0 saturated carbocycles. The third-order valence-corrected chi connectivity index (χ3v) is 5.99. The zero-order valence-electron chi connectivity index (χ0n) is 19.8. The van der Waals surface area contributed by atoms with E-state index in [1.165, 1.54) is 14.2 Å². The van der Waals surface area contributed by atoms with Crippen LogP contribution in [0.1, 0.15) is 21.5 Å². The predicted octanol–water partition coefficient (Wildman–Crippen LogP) is 5.37. The Balaban J connectivity index is 1.66. The molecule has 1 aliphatic rings. The van der Waals surface area contributed by atoms with Crippen LogP contribution in [-0.4, -0.2) is 38.2 Å². The quantitative estimate of drug-likeness (QED) is 0.348. The molecular formula is C28H22O8. The average Bonchev–Trinajstić information content (AvgIpc) is 3.40. The number of carbonyl (C=O) groups excluding carboxylic acids is 1. The van der Waals surface area contributed by atoms with Crippen molar-refractivity contribution >= 4 is 28.8 Å². The summed E-state index contributed by atoms with van der Waals surface area (Å²) in [6.07, 6.45) is 1.27. The number of allylic oxidation sites excluding steroid dienone is 1. The second-order valence-corrected chi connectivity index (χ2v) is 8.05. The largest absolute Gasteiger partial charge is 0.497 e. The summed E-state index contributed by atoms with van der Waals surface area (Å²) in [7, 11) is 4.61. The van der Waals surface area contributed by atoms with Crippen LogP contribution in [0, 0.1) is 0 Å². The molecule has 0 bridgehead atoms. The van der Waals surface area contributed by atoms with E-state index in [9.17, 15) is 14.7 Å². The van der Waals surface area contributed by atoms with Crippen molar-refractivity contribution in [3.05, 3.63) is 77.0 Å². The number of furan rings is 1. The lowest BCUT2D eigenvalue weighted by Crippen LogP contribution is -2.01. The van der Waals surface area contributed by atoms with Gasteiger partial charge in [-0.1, -0.05) is 12.1 Å². The van der Waals surface area contributed by atoms with Gasteiger partial charge in [-0.3, -0.25) is 9.59 Å². The summed E-state index contributed by atoms with van der Waals surface area (Å²) in [5.74, 6) is 1.01. The fourth-order valence-electron chi connectivity index (χ4n) is 4.35. The van der Waals surface area contributed by atoms with Gasteiger partial charge in [-0.05, 0) is 48.5 Å². The number of Topliss-reactive ketones (excluding diaryl/α,β-unsaturated/α-hetero) is 1. The van der Waals surface area contributed by atoms with Gasteiger partial charge in [0.25, 0.3) is 0 Å². The molecule has 0 fully saturated rings. The molecule has 8 heteroatoms. The first kappa shape index (κ1) is 23.0. The highest BCUT2D eigenvalue weighted by atomic mass is 16.5. The summed E-state index contributed by atoms with van der Waals surface area (Å²) in [6.45, 7) is 0. The number of hydrogen-bond donors (Lipinski definition) is 1. The van der Waals surface area contributed by atoms with Crippen molar-refractivity contribution in [2.45, 2.75) is 6.42 Å². The zero-order chi connectivity index (χ0) is 25.4. The first-order valence-corrected chi connectivity index (χ1v) is 11.0. The maximum absolute atomic E-state index is 13.3. The Morgan fingerprint density at radius 2 is 1.75 bits per heavy atom. The number of rotatable bonds is 7. The molecule has 0 saturated heterocycles. The van der Waals surface area contributed by atoms with E-state index in [0.29, 0.717) is 56.2 Å². The molecule has 4 aromatic rings. The van der Waals surface area contributed by atoms with Crippen molar-refractivity contribution in [1.29, 1.82) is 0 Å². The van der Waals surface area contributed by atoms with Gasteiger partial charge >= 0.3 is 5.97 Å². The third-order valence-electron chi connectivity index (χ3n) is 5.99. The van der Waals surface area contributed by atoms with Crippen LogP contribution in [0.3, 0.4) is 0 Å². The summed E-state index contributed by atoms with van der Waals surface area (Å²) in [6, 6.07) is 15.7. The average molecular weight is 486 g/mol. The van der Waals surface area contributed by atoms with E-state index >= 15 is 0 Å². The zero-order valence-corrected chi connectivity index (χ0v) is 19.8. The second kappa shape index (κ2) is 9.14. The van der Waals surface area contributed by atoms with Crippen LogP contribution < -0.4 is 18.9 Å². The number of ether oxygens (including phenoxy) is 4. The van der Waals surface area contributed by atoms with E-state index in [1.54, 1.807) is 67.8 Å². The number of benzene rings is 3. The second-order valence-electron chi connectivity index (χ2n) is 8.05. The van der Waals surface area contributed by atoms with E-state index in [4.69, 9.17) is 23.4 Å². The number of para-hydroxylation sites is 1. The summed E-state index contributed by atoms with van der Waals surface area (Å²) < 4.78 is 28.2. The molecule has 0 unspecified atom stereocenters. The van der Waals surface area contributed by atoms with Crippen LogP contribution in [0.5, 0.6) is 23.0 Å². The molecule has 182 valence electrons. The van der Waals surface area contributed by atoms with Crippen molar-refractivity contribution in [1.82, 2.24) is 0 Å². The van der Waals surface area contributed by atoms with Gasteiger partial charge in [0.2, 0.25) is 5.78 Å². The van der Waals surface area contributed by atoms with Crippen molar-refractivity contribution in [2.24, 2.45) is 0 Å². The van der Waals surface area contributed by atoms with Crippen molar-refractivity contribution in [3.8, 4) is 34.3 Å². The van der Waals surface area contributed by atoms with Gasteiger partial charge in [-0.2, -0.15) is 0 Å². The molecule has 5 rings (SSSR count). The molecule has 0 aliphatic carbocycles. The van der Waals surface area contributed by atoms with Gasteiger partial charge in [-0.15, -0.1) is 0 Å². The minimum absolute atomic E-state index is 0.0810. The number of hydrogen-bond acceptors (Lipinski definition) is 7. The fraction of sp³-hybridized carbons (Fsp3) is 0.143. The lowest BCUT2D eigenvalue weighted by Gasteiger charge is -2.10. The fourth-order valence-corrected chi connectivity index (χ4v) is 4.35. The molecule has 0 atom stereocenters. The molecule has 2 heterocycles. The van der Waals surface area contributed by atoms with E-state index in [2.05, 4.69) is 0 Å². The minimum atomic E-state index is -1.04. The van der Waals surface area contributed by atoms with Gasteiger partial charge in [0.05, 0.1) is 38.7 Å². The smallest absolute Gasteiger partial charge is 0.307 e. The minimum Gasteiger partial charge on any atom is -0.497 e. The lowest BCUT2D eigenvalue weighted by atomic mass is 10.00. The Morgan fingerprint density at radius 3 is 2.42 bits per heavy atom. The van der Waals surface area contributed by atoms with Crippen LogP contribution in [0.4, 0.5) is 0 Å². The number of methoxy groups -OCH3 is 3. The van der Waals surface area contributed by atoms with Crippen LogP contribution >= 0.6 is 0 Å². The van der Waals surface area contributed by atoms with Crippen molar-refractivity contribution < 1.29 is 38.1 Å². The first-order chi connectivity index (χ1) is 17.4. The maximum Gasteiger partial charge on any atom is 0.307 e. The molecule has 3 aromatic carbocycles. The molecular weight excluding hydrogens is 464 g/mol. The predicted molar refractivity (Wildman–Crippen MR) is 132 cm³/mol. The number of aliphatic carboxylic acids is 1. The molecule has 1 N–H and O–H groups in total. The molecule has 8 nitrogen and oxygen atoms in total. The molecule has 0 spiro atoms. The van der Waals surface area contributed by atoms with Crippen LogP contribution in [0.25, 0.3) is 28.4 Å². The number of carboxylic acids is 1. The van der Waals surface area contributed by atoms with E-state index in [0.717, 1.165) is 0 Å². The molecule has 1 aliphatic heterocycles. The third kappa shape index (κ3) is 3.82. The summed E-state index contributed by atoms with van der Waals surface area (Å²) in [5.41, 5.74) is 2.44. The highest BCUT2D eigenvalue weighted by Gasteiger charge is 2.33. The van der Waals surface area contributed by atoms with Gasteiger partial charge in [0.1, 0.15) is 22.8 Å². The normalized spacial score (nSPS) is 13.5. The lowest BCUT2D eigenvalue weighted by molar-refractivity contribution is -0.136. The Hall–Kier alpha value is -4.72. The SMILES string of the molecule is COc1ccc(-c2oc3ccc4c(c3c2CC(=O)O)OC(=Cc2cccc(OC)c2OC)C4=O)cc1. The van der Waals surface area contributed by atoms with Gasteiger partial charge < -0.3 is 28.5 Å². The Labute approximate surface area is 206 Å². The Bertz CT molecular complexity index is 1530. The standard InChI is InChI=1S/C28H22O8/c1-32-17-9-7-15(8-10-17)26-19(14-23(29)30)24-20(35-26)12-11-18-25(31)22(36-28(18)24)13-16-5-4-6-21(33-2)27(16)34-3/h4-13H,14H2,1-3H3,(H,29,30). The first-order valence-electron chi connectivity index (χ1n) is 11.0. The van der Waals surface area contributed by atoms with Crippen LogP contribution in [0.15, 0.2) is 64.8 Å². The van der Waals surface area contributed by atoms with E-state index in [-0.39, 0.29) is 23.7 Å². The van der Waals surface area contributed by atoms with Gasteiger partial charge in [0.15, 0.2) is 17.3 Å². The van der Waals surface area contributed by atoms with E-state index < -0.39 is 5.97 Å². The van der Waals surface area contributed by atoms with Gasteiger partial charge in [0, 0.05) is 16.7 Å². The topological polar surface area (TPSA) is 104 Å². The summed E-state index contributed by atoms with van der Waals surface area (Å²) in [5, 5.41) is 10.1. The van der Waals surface area contributed by atoms with E-state index in [1.807, 2.05) is 0 Å². The Kier molecular flexibility index (Phi) is 5.85.